The van der Waals surface area contributed by atoms with E-state index >= 15 is 0 Å². The topological polar surface area (TPSA) is 0 Å². The fraction of sp³-hybridized carbons (Fsp3) is 0.310. The van der Waals surface area contributed by atoms with Crippen molar-refractivity contribution >= 4 is 14.9 Å². The molecule has 3 aliphatic rings. The van der Waals surface area contributed by atoms with Gasteiger partial charge in [0, 0.05) is 0 Å². The van der Waals surface area contributed by atoms with E-state index in [0.29, 0.717) is 0 Å². The van der Waals surface area contributed by atoms with Gasteiger partial charge >= 0.3 is 99.2 Å². The predicted molar refractivity (Wildman–Crippen MR) is 182 cm³/mol. The van der Waals surface area contributed by atoms with E-state index in [0.717, 1.165) is 6.42 Å². The molecule has 0 radical (unpaired) electrons. The summed E-state index contributed by atoms with van der Waals surface area (Å²) >= 11 is 1.46. The van der Waals surface area contributed by atoms with Gasteiger partial charge in [-0.05, 0) is 36.5 Å². The molecule has 0 aliphatic heterocycles. The van der Waals surface area contributed by atoms with Gasteiger partial charge in [-0.25, -0.2) is 0 Å². The fourth-order valence-corrected chi connectivity index (χ4v) is 7.49. The number of hydrogen-bond acceptors (Lipinski definition) is 0. The molecule has 0 fully saturated rings. The summed E-state index contributed by atoms with van der Waals surface area (Å²) in [5.41, 5.74) is 12.9. The van der Waals surface area contributed by atoms with Crippen molar-refractivity contribution in [3.63, 3.8) is 0 Å². The van der Waals surface area contributed by atoms with Gasteiger partial charge in [0.2, 0.25) is 0 Å². The zero-order chi connectivity index (χ0) is 31.2. The number of allylic oxidation sites excluding steroid dienone is 8. The molecule has 0 nitrogen and oxygen atoms in total. The molecular weight excluding hydrogens is 667 g/mol. The third-order valence-electron chi connectivity index (χ3n) is 9.82. The van der Waals surface area contributed by atoms with Crippen LogP contribution in [-0.2, 0) is 29.7 Å². The maximum atomic E-state index is 3.89. The van der Waals surface area contributed by atoms with Crippen molar-refractivity contribution in [3.05, 3.63) is 152 Å². The van der Waals surface area contributed by atoms with Crippen molar-refractivity contribution in [2.75, 3.05) is 0 Å². The van der Waals surface area contributed by atoms with Gasteiger partial charge in [-0.3, -0.25) is 0 Å². The molecule has 3 aliphatic carbocycles. The summed E-state index contributed by atoms with van der Waals surface area (Å²) in [5.74, 6) is 0. The molecule has 1 atom stereocenters. The Morgan fingerprint density at radius 1 is 0.800 bits per heavy atom. The maximum absolute atomic E-state index is 3.89. The van der Waals surface area contributed by atoms with Gasteiger partial charge in [0.25, 0.3) is 0 Å². The van der Waals surface area contributed by atoms with Crippen LogP contribution in [0.3, 0.4) is 0 Å². The summed E-state index contributed by atoms with van der Waals surface area (Å²) in [5, 5.41) is 2.61. The van der Waals surface area contributed by atoms with E-state index in [2.05, 4.69) is 165 Å². The Balaban J connectivity index is 0.000000292. The SMILES string of the molecule is CC1=C(C)C(C)(C(C)(C)C)C(C2=CC=CC2)=C2[C-]=c3cc(C(C)(C)C)ccc3=C12.[Cl-].[Cl-].[Zr+2]=[C](c1ccccc1)c1ccccc1. The van der Waals surface area contributed by atoms with E-state index < -0.39 is 0 Å². The van der Waals surface area contributed by atoms with Crippen LogP contribution in [0.5, 0.6) is 0 Å². The molecular formula is C42H45Cl2Zr-. The average molecular weight is 712 g/mol. The zero-order valence-electron chi connectivity index (χ0n) is 28.2. The van der Waals surface area contributed by atoms with Gasteiger partial charge in [0.1, 0.15) is 0 Å². The third kappa shape index (κ3) is 7.03. The van der Waals surface area contributed by atoms with Crippen molar-refractivity contribution in [2.45, 2.75) is 74.1 Å². The monoisotopic (exact) mass is 709 g/mol. The van der Waals surface area contributed by atoms with E-state index in [1.807, 2.05) is 0 Å². The van der Waals surface area contributed by atoms with Gasteiger partial charge in [0.15, 0.2) is 0 Å². The van der Waals surface area contributed by atoms with Gasteiger partial charge in [0.05, 0.1) is 0 Å². The summed E-state index contributed by atoms with van der Waals surface area (Å²) in [6.07, 6.45) is 11.7. The van der Waals surface area contributed by atoms with Crippen LogP contribution in [0.1, 0.15) is 85.4 Å². The zero-order valence-corrected chi connectivity index (χ0v) is 32.2. The molecule has 0 saturated heterocycles. The first-order chi connectivity index (χ1) is 20.2. The van der Waals surface area contributed by atoms with Crippen LogP contribution in [-0.4, -0.2) is 3.21 Å². The molecule has 3 aromatic carbocycles. The Morgan fingerprint density at radius 3 is 1.82 bits per heavy atom. The Kier molecular flexibility index (Phi) is 11.7. The molecule has 3 aromatic rings. The van der Waals surface area contributed by atoms with Crippen LogP contribution >= 0.6 is 0 Å². The molecule has 0 spiro atoms. The number of benzene rings is 3. The van der Waals surface area contributed by atoms with Crippen molar-refractivity contribution in [3.8, 4) is 0 Å². The van der Waals surface area contributed by atoms with Crippen LogP contribution in [0, 0.1) is 10.8 Å². The molecule has 0 heterocycles. The first-order valence-corrected chi connectivity index (χ1v) is 16.8. The second-order valence-electron chi connectivity index (χ2n) is 14.3. The number of halogens is 2. The van der Waals surface area contributed by atoms with E-state index in [1.165, 1.54) is 88.0 Å². The minimum atomic E-state index is -0.0182. The molecule has 3 heteroatoms. The molecule has 45 heavy (non-hydrogen) atoms. The molecule has 0 amide bonds. The quantitative estimate of drug-likeness (QED) is 0.367. The van der Waals surface area contributed by atoms with E-state index in [9.17, 15) is 0 Å². The van der Waals surface area contributed by atoms with Crippen molar-refractivity contribution in [2.24, 2.45) is 10.8 Å². The Morgan fingerprint density at radius 2 is 1.36 bits per heavy atom. The van der Waals surface area contributed by atoms with E-state index in [4.69, 9.17) is 0 Å². The number of hydrogen-bond donors (Lipinski definition) is 0. The number of rotatable bonds is 3. The average Bonchev–Trinajstić information content (AvgIpc) is 3.64. The minimum absolute atomic E-state index is 0. The second kappa shape index (κ2) is 14.2. The third-order valence-corrected chi connectivity index (χ3v) is 11.2. The standard InChI is InChI=1S/C29H35.C13H10.2ClH.Zr/c1-18-19(2)29(9,28(6,7)8)26(20-12-10-11-13-20)24-17-21-16-22(27(3,4)5)14-15-23(21)25(18)24;1-3-7-12(8-4-1)11-13-9-5-2-6-10-13;;;/h10-12,14-16H,13H2,1-9H3;1-10H;2*1H;/q-1;;;;+2/p-2. The fourth-order valence-electron chi connectivity index (χ4n) is 6.67. The van der Waals surface area contributed by atoms with Crippen LogP contribution in [0.2, 0.25) is 0 Å². The summed E-state index contributed by atoms with van der Waals surface area (Å²) in [6.45, 7) is 21.2. The van der Waals surface area contributed by atoms with E-state index in [-0.39, 0.29) is 41.1 Å². The Labute approximate surface area is 299 Å². The second-order valence-corrected chi connectivity index (χ2v) is 15.5. The van der Waals surface area contributed by atoms with Crippen molar-refractivity contribution < 1.29 is 49.0 Å². The first kappa shape index (κ1) is 37.2. The summed E-state index contributed by atoms with van der Waals surface area (Å²) in [6, 6.07) is 28.1. The summed E-state index contributed by atoms with van der Waals surface area (Å²) < 4.78 is 1.42. The Hall–Kier alpha value is -2.31. The van der Waals surface area contributed by atoms with Crippen LogP contribution in [0.15, 0.2) is 125 Å². The van der Waals surface area contributed by atoms with Gasteiger partial charge in [-0.1, -0.05) is 107 Å². The van der Waals surface area contributed by atoms with Gasteiger partial charge in [-0.15, -0.1) is 33.7 Å². The molecule has 1 unspecified atom stereocenters. The first-order valence-electron chi connectivity index (χ1n) is 15.5. The molecule has 232 valence electrons. The normalized spacial score (nSPS) is 18.6. The predicted octanol–water partition coefficient (Wildman–Crippen LogP) is 3.20. The molecule has 0 saturated carbocycles. The van der Waals surface area contributed by atoms with E-state index in [1.54, 1.807) is 0 Å². The Bertz CT molecular complexity index is 1780. The molecule has 0 aromatic heterocycles. The molecule has 0 N–H and O–H groups in total. The summed E-state index contributed by atoms with van der Waals surface area (Å²) in [7, 11) is 0. The van der Waals surface area contributed by atoms with Crippen molar-refractivity contribution in [1.82, 2.24) is 0 Å². The van der Waals surface area contributed by atoms with Crippen LogP contribution in [0.4, 0.5) is 0 Å². The number of fused-ring (bicyclic) bond motifs is 2. The van der Waals surface area contributed by atoms with Crippen LogP contribution in [0.25, 0.3) is 11.6 Å². The molecule has 0 bridgehead atoms. The van der Waals surface area contributed by atoms with Gasteiger partial charge < -0.3 is 24.8 Å². The van der Waals surface area contributed by atoms with Gasteiger partial charge in [-0.2, -0.15) is 0 Å². The summed E-state index contributed by atoms with van der Waals surface area (Å²) in [4.78, 5) is 0. The van der Waals surface area contributed by atoms with Crippen LogP contribution < -0.4 is 35.3 Å². The van der Waals surface area contributed by atoms with Crippen molar-refractivity contribution in [1.29, 1.82) is 0 Å². The molecule has 6 rings (SSSR count).